The van der Waals surface area contributed by atoms with Gasteiger partial charge in [0.2, 0.25) is 5.43 Å². The number of rotatable bonds is 18. The van der Waals surface area contributed by atoms with Gasteiger partial charge in [0.05, 0.1) is 76.4 Å². The standard InChI is InChI=1S/C43H55N4O6.BrH/c1-6-45(33-23-32(30-44)24-36(25-33)50-5)43(49)40-31-46(34-26-37(51-7-2)28-38(27-34)52-8-3)41-29-35(17-18-39(41)42(40)48)53-22-16-11-9-10-13-19-47(4)20-14-12-15-21-47;/h17-18,23-29,31H,6-16,19-22H2,1-5H3;1H/q+1;/p-1. The van der Waals surface area contributed by atoms with E-state index in [1.165, 1.54) is 74.7 Å². The summed E-state index contributed by atoms with van der Waals surface area (Å²) < 4.78 is 26.5. The van der Waals surface area contributed by atoms with Crippen LogP contribution in [0.1, 0.15) is 88.1 Å². The first-order valence-electron chi connectivity index (χ1n) is 19.2. The van der Waals surface area contributed by atoms with Crippen molar-refractivity contribution in [2.24, 2.45) is 0 Å². The summed E-state index contributed by atoms with van der Waals surface area (Å²) in [5, 5.41) is 10.00. The van der Waals surface area contributed by atoms with Gasteiger partial charge in [0, 0.05) is 54.1 Å². The summed E-state index contributed by atoms with van der Waals surface area (Å²) in [6, 6.07) is 18.0. The van der Waals surface area contributed by atoms with Crippen LogP contribution < -0.4 is 46.3 Å². The average molecular weight is 804 g/mol. The minimum Gasteiger partial charge on any atom is -1.00 e. The fourth-order valence-electron chi connectivity index (χ4n) is 7.28. The Morgan fingerprint density at radius 3 is 2.17 bits per heavy atom. The van der Waals surface area contributed by atoms with Crippen molar-refractivity contribution in [3.05, 3.63) is 82.1 Å². The second-order valence-electron chi connectivity index (χ2n) is 14.0. The van der Waals surface area contributed by atoms with Crippen molar-refractivity contribution in [2.75, 3.05) is 65.1 Å². The summed E-state index contributed by atoms with van der Waals surface area (Å²) in [5.74, 6) is 1.79. The molecule has 0 atom stereocenters. The van der Waals surface area contributed by atoms with Crippen molar-refractivity contribution in [3.8, 4) is 34.8 Å². The lowest BCUT2D eigenvalue weighted by atomic mass is 10.1. The highest BCUT2D eigenvalue weighted by atomic mass is 79.9. The number of pyridine rings is 1. The van der Waals surface area contributed by atoms with Crippen molar-refractivity contribution in [2.45, 2.75) is 72.1 Å². The van der Waals surface area contributed by atoms with Gasteiger partial charge in [-0.05, 0) is 83.6 Å². The minimum atomic E-state index is -0.497. The van der Waals surface area contributed by atoms with Crippen LogP contribution in [-0.2, 0) is 0 Å². The van der Waals surface area contributed by atoms with Gasteiger partial charge >= 0.3 is 0 Å². The Balaban J connectivity index is 0.00000650. The van der Waals surface area contributed by atoms with E-state index < -0.39 is 11.3 Å². The quantitative estimate of drug-likeness (QED) is 0.0995. The van der Waals surface area contributed by atoms with Crippen molar-refractivity contribution >= 4 is 22.5 Å². The lowest BCUT2D eigenvalue weighted by Crippen LogP contribution is -3.00. The number of nitriles is 1. The van der Waals surface area contributed by atoms with E-state index in [1.807, 2.05) is 49.6 Å². The van der Waals surface area contributed by atoms with Crippen molar-refractivity contribution < 1.29 is 45.2 Å². The number of nitrogens with zero attached hydrogens (tertiary/aromatic N) is 4. The van der Waals surface area contributed by atoms with Gasteiger partial charge < -0.3 is 49.9 Å². The molecule has 4 aromatic rings. The topological polar surface area (TPSA) is 103 Å². The molecule has 0 N–H and O–H groups in total. The Kier molecular flexibility index (Phi) is 15.8. The number of fused-ring (bicyclic) bond motifs is 1. The normalized spacial score (nSPS) is 13.4. The Bertz CT molecular complexity index is 1940. The summed E-state index contributed by atoms with van der Waals surface area (Å²) in [6.07, 6.45) is 11.4. The van der Waals surface area contributed by atoms with Gasteiger partial charge in [0.1, 0.15) is 28.6 Å². The predicted molar refractivity (Wildman–Crippen MR) is 210 cm³/mol. The number of ether oxygens (including phenoxy) is 4. The predicted octanol–water partition coefficient (Wildman–Crippen LogP) is 5.30. The van der Waals surface area contributed by atoms with E-state index >= 15 is 0 Å². The molecule has 1 amide bonds. The maximum Gasteiger partial charge on any atom is 0.263 e. The van der Waals surface area contributed by atoms with Crippen LogP contribution in [0, 0.1) is 11.3 Å². The highest BCUT2D eigenvalue weighted by Crippen LogP contribution is 2.31. The number of carbonyl (C=O) groups excluding carboxylic acids is 1. The summed E-state index contributed by atoms with van der Waals surface area (Å²) in [5.41, 5.74) is 1.62. The third-order valence-electron chi connectivity index (χ3n) is 10.1. The molecule has 1 fully saturated rings. The summed E-state index contributed by atoms with van der Waals surface area (Å²) >= 11 is 0. The third-order valence-corrected chi connectivity index (χ3v) is 10.1. The fourth-order valence-corrected chi connectivity index (χ4v) is 7.28. The van der Waals surface area contributed by atoms with Gasteiger partial charge in [-0.15, -0.1) is 0 Å². The van der Waals surface area contributed by atoms with Crippen LogP contribution in [0.25, 0.3) is 16.6 Å². The summed E-state index contributed by atoms with van der Waals surface area (Å²) in [6.45, 7) is 11.3. The SMILES string of the molecule is CCOc1cc(OCC)cc(-n2cc(C(=O)N(CC)c3cc(C#N)cc(OC)c3)c(=O)c3ccc(OCCCCCCC[N+]4(C)CCCCC4)cc32)c1.[Br-]. The van der Waals surface area contributed by atoms with E-state index in [0.29, 0.717) is 70.7 Å². The zero-order valence-electron chi connectivity index (χ0n) is 32.5. The molecular formula is C43H55BrN4O6. The number of hydrogen-bond acceptors (Lipinski definition) is 7. The number of piperidine rings is 1. The number of quaternary nitrogens is 1. The van der Waals surface area contributed by atoms with Crippen LogP contribution in [0.3, 0.4) is 0 Å². The molecule has 0 saturated carbocycles. The smallest absolute Gasteiger partial charge is 0.263 e. The van der Waals surface area contributed by atoms with Crippen molar-refractivity contribution in [1.82, 2.24) is 4.57 Å². The molecule has 0 bridgehead atoms. The van der Waals surface area contributed by atoms with Gasteiger partial charge in [-0.2, -0.15) is 5.26 Å². The van der Waals surface area contributed by atoms with Gasteiger partial charge in [0.15, 0.2) is 0 Å². The molecule has 1 aromatic heterocycles. The molecule has 11 heteroatoms. The molecule has 1 aliphatic rings. The molecule has 2 heterocycles. The molecular weight excluding hydrogens is 748 g/mol. The molecule has 0 spiro atoms. The molecule has 0 aliphatic carbocycles. The third kappa shape index (κ3) is 10.6. The fraction of sp³-hybridized carbons (Fsp3) is 0.465. The largest absolute Gasteiger partial charge is 1.00 e. The van der Waals surface area contributed by atoms with Gasteiger partial charge in [-0.3, -0.25) is 9.59 Å². The Labute approximate surface area is 330 Å². The van der Waals surface area contributed by atoms with E-state index in [2.05, 4.69) is 13.1 Å². The summed E-state index contributed by atoms with van der Waals surface area (Å²) in [4.78, 5) is 30.0. The molecule has 54 heavy (non-hydrogen) atoms. The van der Waals surface area contributed by atoms with Crippen LogP contribution in [0.2, 0.25) is 0 Å². The number of carbonyl (C=O) groups is 1. The second kappa shape index (κ2) is 20.2. The van der Waals surface area contributed by atoms with E-state index in [1.54, 1.807) is 36.5 Å². The number of anilines is 1. The lowest BCUT2D eigenvalue weighted by molar-refractivity contribution is -0.914. The molecule has 3 aromatic carbocycles. The van der Waals surface area contributed by atoms with Crippen LogP contribution in [0.15, 0.2) is 65.6 Å². The second-order valence-corrected chi connectivity index (χ2v) is 14.0. The number of aromatic nitrogens is 1. The number of unbranched alkanes of at least 4 members (excludes halogenated alkanes) is 4. The van der Waals surface area contributed by atoms with E-state index in [0.717, 1.165) is 12.8 Å². The first-order chi connectivity index (χ1) is 25.7. The van der Waals surface area contributed by atoms with E-state index in [4.69, 9.17) is 18.9 Å². The van der Waals surface area contributed by atoms with Gasteiger partial charge in [-0.1, -0.05) is 12.8 Å². The monoisotopic (exact) mass is 802 g/mol. The van der Waals surface area contributed by atoms with E-state index in [9.17, 15) is 14.9 Å². The highest BCUT2D eigenvalue weighted by Gasteiger charge is 2.25. The Morgan fingerprint density at radius 1 is 0.833 bits per heavy atom. The highest BCUT2D eigenvalue weighted by molar-refractivity contribution is 6.07. The molecule has 1 aliphatic heterocycles. The van der Waals surface area contributed by atoms with Crippen molar-refractivity contribution in [3.63, 3.8) is 0 Å². The van der Waals surface area contributed by atoms with E-state index in [-0.39, 0.29) is 29.1 Å². The molecule has 1 saturated heterocycles. The molecule has 0 unspecified atom stereocenters. The number of methoxy groups -OCH3 is 1. The first-order valence-corrected chi connectivity index (χ1v) is 19.2. The lowest BCUT2D eigenvalue weighted by Gasteiger charge is -2.37. The van der Waals surface area contributed by atoms with Gasteiger partial charge in [0.25, 0.3) is 5.91 Å². The minimum absolute atomic E-state index is 0. The molecule has 290 valence electrons. The molecule has 5 rings (SSSR count). The van der Waals surface area contributed by atoms with Crippen LogP contribution in [0.5, 0.6) is 23.0 Å². The maximum absolute atomic E-state index is 14.3. The van der Waals surface area contributed by atoms with Crippen LogP contribution in [0.4, 0.5) is 5.69 Å². The number of halogens is 1. The maximum atomic E-state index is 14.3. The van der Waals surface area contributed by atoms with Crippen molar-refractivity contribution in [1.29, 1.82) is 5.26 Å². The van der Waals surface area contributed by atoms with Gasteiger partial charge in [-0.25, -0.2) is 0 Å². The van der Waals surface area contributed by atoms with Crippen LogP contribution in [-0.4, -0.2) is 75.1 Å². The Morgan fingerprint density at radius 2 is 1.52 bits per heavy atom. The molecule has 10 nitrogen and oxygen atoms in total. The molecule has 0 radical (unpaired) electrons. The average Bonchev–Trinajstić information content (AvgIpc) is 3.16. The zero-order chi connectivity index (χ0) is 37.8. The van der Waals surface area contributed by atoms with Crippen LogP contribution >= 0.6 is 0 Å². The summed E-state index contributed by atoms with van der Waals surface area (Å²) in [7, 11) is 3.92. The first kappa shape index (κ1) is 42.2. The number of hydrogen-bond donors (Lipinski definition) is 0. The number of likely N-dealkylation sites (tertiary alicyclic amines) is 1. The number of amides is 1. The zero-order valence-corrected chi connectivity index (χ0v) is 34.1. The Hall–Kier alpha value is -4.53. The number of benzene rings is 3.